The number of rotatable bonds is 4. The molecule has 5 aromatic rings. The number of primary amides is 1. The number of fused-ring (bicyclic) bond motifs is 1. The fraction of sp³-hybridized carbons (Fsp3) is 0.0400. The molecule has 1 amide bonds. The van der Waals surface area contributed by atoms with Crippen molar-refractivity contribution in [1.29, 1.82) is 0 Å². The second-order valence-corrected chi connectivity index (χ2v) is 7.56. The van der Waals surface area contributed by atoms with Gasteiger partial charge in [0.25, 0.3) is 5.91 Å². The molecular formula is C25H20N6O. The van der Waals surface area contributed by atoms with Crippen LogP contribution in [0, 0.1) is 6.92 Å². The molecule has 0 radical (unpaired) electrons. The molecule has 7 nitrogen and oxygen atoms in total. The molecule has 4 N–H and O–H groups in total. The van der Waals surface area contributed by atoms with Crippen LogP contribution in [0.3, 0.4) is 0 Å². The maximum absolute atomic E-state index is 11.6. The second-order valence-electron chi connectivity index (χ2n) is 7.56. The molecule has 0 spiro atoms. The highest BCUT2D eigenvalue weighted by Gasteiger charge is 2.14. The van der Waals surface area contributed by atoms with Gasteiger partial charge >= 0.3 is 0 Å². The van der Waals surface area contributed by atoms with Gasteiger partial charge in [0.1, 0.15) is 0 Å². The zero-order valence-corrected chi connectivity index (χ0v) is 17.4. The molecule has 0 fully saturated rings. The van der Waals surface area contributed by atoms with E-state index in [1.807, 2.05) is 60.2 Å². The Morgan fingerprint density at radius 3 is 2.66 bits per heavy atom. The number of benzene rings is 2. The Labute approximate surface area is 184 Å². The van der Waals surface area contributed by atoms with Gasteiger partial charge in [0.2, 0.25) is 0 Å². The molecule has 7 heteroatoms. The van der Waals surface area contributed by atoms with Crippen LogP contribution in [0.2, 0.25) is 0 Å². The van der Waals surface area contributed by atoms with E-state index in [0.29, 0.717) is 11.3 Å². The van der Waals surface area contributed by atoms with Gasteiger partial charge in [-0.2, -0.15) is 0 Å². The van der Waals surface area contributed by atoms with E-state index in [9.17, 15) is 4.79 Å². The summed E-state index contributed by atoms with van der Waals surface area (Å²) in [4.78, 5) is 25.1. The molecule has 5 rings (SSSR count). The predicted molar refractivity (Wildman–Crippen MR) is 125 cm³/mol. The SMILES string of the molecule is Cc1cc(-c2ccc(C(N)=O)c(N)c2)c2cccc(-n3cnc(-c4cccnc4)c3)c2n1. The Morgan fingerprint density at radius 2 is 1.91 bits per heavy atom. The molecule has 0 saturated heterocycles. The number of amides is 1. The van der Waals surface area contributed by atoms with Crippen molar-refractivity contribution in [3.63, 3.8) is 0 Å². The molecule has 3 heterocycles. The zero-order valence-electron chi connectivity index (χ0n) is 17.4. The van der Waals surface area contributed by atoms with Gasteiger partial charge in [-0.05, 0) is 54.4 Å². The molecular weight excluding hydrogens is 400 g/mol. The molecule has 2 aromatic carbocycles. The normalized spacial score (nSPS) is 11.0. The lowest BCUT2D eigenvalue weighted by molar-refractivity contribution is 0.100. The van der Waals surface area contributed by atoms with Crippen LogP contribution in [-0.4, -0.2) is 25.4 Å². The number of para-hydroxylation sites is 1. The third-order valence-corrected chi connectivity index (χ3v) is 5.39. The molecule has 0 aliphatic carbocycles. The summed E-state index contributed by atoms with van der Waals surface area (Å²) in [6.07, 6.45) is 7.27. The highest BCUT2D eigenvalue weighted by molar-refractivity contribution is 6.02. The Morgan fingerprint density at radius 1 is 1.03 bits per heavy atom. The van der Waals surface area contributed by atoms with E-state index in [1.165, 1.54) is 0 Å². The van der Waals surface area contributed by atoms with Crippen molar-refractivity contribution in [2.45, 2.75) is 6.92 Å². The van der Waals surface area contributed by atoms with E-state index in [-0.39, 0.29) is 0 Å². The first-order valence-corrected chi connectivity index (χ1v) is 10.1. The lowest BCUT2D eigenvalue weighted by Crippen LogP contribution is -2.13. The summed E-state index contributed by atoms with van der Waals surface area (Å²) in [6, 6.07) is 17.2. The van der Waals surface area contributed by atoms with Crippen molar-refractivity contribution in [2.75, 3.05) is 5.73 Å². The van der Waals surface area contributed by atoms with Crippen LogP contribution < -0.4 is 11.5 Å². The van der Waals surface area contributed by atoms with Crippen LogP contribution in [0.25, 0.3) is 39.0 Å². The molecule has 0 atom stereocenters. The van der Waals surface area contributed by atoms with Crippen LogP contribution in [0.15, 0.2) is 79.5 Å². The maximum atomic E-state index is 11.6. The van der Waals surface area contributed by atoms with Crippen LogP contribution in [0.1, 0.15) is 16.1 Å². The molecule has 156 valence electrons. The minimum atomic E-state index is -0.545. The third-order valence-electron chi connectivity index (χ3n) is 5.39. The van der Waals surface area contributed by atoms with Crippen molar-refractivity contribution < 1.29 is 4.79 Å². The fourth-order valence-corrected chi connectivity index (χ4v) is 3.88. The third kappa shape index (κ3) is 3.35. The number of nitrogens with zero attached hydrogens (tertiary/aromatic N) is 4. The van der Waals surface area contributed by atoms with Gasteiger partial charge in [-0.3, -0.25) is 14.8 Å². The summed E-state index contributed by atoms with van der Waals surface area (Å²) in [7, 11) is 0. The van der Waals surface area contributed by atoms with Crippen molar-refractivity contribution >= 4 is 22.5 Å². The Balaban J connectivity index is 1.67. The Hall–Kier alpha value is -4.52. The maximum Gasteiger partial charge on any atom is 0.250 e. The van der Waals surface area contributed by atoms with Crippen LogP contribution in [0.5, 0.6) is 0 Å². The Bertz CT molecular complexity index is 1470. The fourth-order valence-electron chi connectivity index (χ4n) is 3.88. The summed E-state index contributed by atoms with van der Waals surface area (Å²) < 4.78 is 1.96. The molecule has 3 aromatic heterocycles. The average Bonchev–Trinajstić information content (AvgIpc) is 3.28. The summed E-state index contributed by atoms with van der Waals surface area (Å²) in [6.45, 7) is 1.95. The first-order valence-electron chi connectivity index (χ1n) is 10.1. The van der Waals surface area contributed by atoms with Crippen LogP contribution in [0.4, 0.5) is 5.69 Å². The Kier molecular flexibility index (Phi) is 4.63. The molecule has 0 bridgehead atoms. The van der Waals surface area contributed by atoms with Gasteiger partial charge in [-0.1, -0.05) is 18.2 Å². The van der Waals surface area contributed by atoms with E-state index >= 15 is 0 Å². The number of hydrogen-bond acceptors (Lipinski definition) is 5. The number of imidazole rings is 1. The average molecular weight is 420 g/mol. The van der Waals surface area contributed by atoms with Crippen LogP contribution in [-0.2, 0) is 0 Å². The molecule has 32 heavy (non-hydrogen) atoms. The smallest absolute Gasteiger partial charge is 0.250 e. The van der Waals surface area contributed by atoms with Gasteiger partial charge in [0.05, 0.1) is 28.8 Å². The van der Waals surface area contributed by atoms with Crippen LogP contribution >= 0.6 is 0 Å². The lowest BCUT2D eigenvalue weighted by Gasteiger charge is -2.13. The van der Waals surface area contributed by atoms with Crippen molar-refractivity contribution in [3.05, 3.63) is 90.8 Å². The number of nitrogen functional groups attached to an aromatic ring is 1. The summed E-state index contributed by atoms with van der Waals surface area (Å²) >= 11 is 0. The monoisotopic (exact) mass is 420 g/mol. The van der Waals surface area contributed by atoms with Gasteiger partial charge in [0, 0.05) is 40.9 Å². The summed E-state index contributed by atoms with van der Waals surface area (Å²) in [5.41, 5.74) is 18.4. The number of nitrogens with two attached hydrogens (primary N) is 2. The number of pyridine rings is 2. The predicted octanol–water partition coefficient (Wildman–Crippen LogP) is 4.14. The largest absolute Gasteiger partial charge is 0.398 e. The number of aryl methyl sites for hydroxylation is 1. The summed E-state index contributed by atoms with van der Waals surface area (Å²) in [5.74, 6) is -0.545. The zero-order chi connectivity index (χ0) is 22.2. The number of hydrogen-bond donors (Lipinski definition) is 2. The van der Waals surface area contributed by atoms with E-state index in [1.54, 1.807) is 30.9 Å². The number of anilines is 1. The molecule has 0 aliphatic heterocycles. The summed E-state index contributed by atoms with van der Waals surface area (Å²) in [5, 5.41) is 0.968. The number of carbonyl (C=O) groups is 1. The van der Waals surface area contributed by atoms with Crippen molar-refractivity contribution in [1.82, 2.24) is 19.5 Å². The van der Waals surface area contributed by atoms with E-state index in [4.69, 9.17) is 16.5 Å². The number of carbonyl (C=O) groups excluding carboxylic acids is 1. The quantitative estimate of drug-likeness (QED) is 0.424. The molecule has 0 unspecified atom stereocenters. The van der Waals surface area contributed by atoms with E-state index in [0.717, 1.165) is 44.7 Å². The van der Waals surface area contributed by atoms with E-state index < -0.39 is 5.91 Å². The first kappa shape index (κ1) is 19.4. The molecule has 0 aliphatic rings. The van der Waals surface area contributed by atoms with Gasteiger partial charge in [0.15, 0.2) is 0 Å². The van der Waals surface area contributed by atoms with Gasteiger partial charge < -0.3 is 16.0 Å². The highest BCUT2D eigenvalue weighted by Crippen LogP contribution is 2.33. The van der Waals surface area contributed by atoms with Gasteiger partial charge in [-0.25, -0.2) is 4.98 Å². The molecule has 0 saturated carbocycles. The van der Waals surface area contributed by atoms with Crippen molar-refractivity contribution in [3.8, 4) is 28.1 Å². The van der Waals surface area contributed by atoms with Gasteiger partial charge in [-0.15, -0.1) is 0 Å². The van der Waals surface area contributed by atoms with E-state index in [2.05, 4.69) is 9.97 Å². The second kappa shape index (κ2) is 7.63. The first-order chi connectivity index (χ1) is 15.5. The topological polar surface area (TPSA) is 113 Å². The minimum Gasteiger partial charge on any atom is -0.398 e. The van der Waals surface area contributed by atoms with Crippen molar-refractivity contribution in [2.24, 2.45) is 5.73 Å². The lowest BCUT2D eigenvalue weighted by atomic mass is 9.97. The minimum absolute atomic E-state index is 0.311. The number of aromatic nitrogens is 4. The standard InChI is InChI=1S/C25H20N6O/c1-15-10-20(16-7-8-19(25(27)32)21(26)11-16)18-5-2-6-23(24(18)30-15)31-13-22(29-14-31)17-4-3-9-28-12-17/h2-14H,26H2,1H3,(H2,27,32). The highest BCUT2D eigenvalue weighted by atomic mass is 16.1.